The topological polar surface area (TPSA) is 43.6 Å². The number of ether oxygens (including phenoxy) is 1. The van der Waals surface area contributed by atoms with E-state index in [1.54, 1.807) is 41.1 Å². The van der Waals surface area contributed by atoms with Gasteiger partial charge in [0.25, 0.3) is 0 Å². The first-order chi connectivity index (χ1) is 10.6. The fourth-order valence-electron chi connectivity index (χ4n) is 2.06. The largest absolute Gasteiger partial charge is 0.459 e. The number of carbonyl (C=O) groups is 1. The van der Waals surface area contributed by atoms with Gasteiger partial charge in [-0.05, 0) is 29.8 Å². The highest BCUT2D eigenvalue weighted by atomic mass is 35.5. The van der Waals surface area contributed by atoms with Gasteiger partial charge in [0, 0.05) is 12.4 Å². The van der Waals surface area contributed by atoms with Gasteiger partial charge in [-0.15, -0.1) is 0 Å². The molecule has 0 radical (unpaired) electrons. The first-order valence-electron chi connectivity index (χ1n) is 6.63. The molecular weight excluding hydrogens is 307 g/mol. The van der Waals surface area contributed by atoms with Gasteiger partial charge in [0.05, 0.1) is 17.1 Å². The van der Waals surface area contributed by atoms with E-state index in [0.29, 0.717) is 16.3 Å². The highest BCUT2D eigenvalue weighted by Gasteiger charge is 2.08. The number of nitrogens with zero attached hydrogens (tertiary/aromatic N) is 2. The molecule has 0 saturated heterocycles. The molecule has 0 amide bonds. The molecule has 0 spiro atoms. The Bertz CT molecular complexity index is 815. The summed E-state index contributed by atoms with van der Waals surface area (Å²) in [4.78, 5) is 16.1. The highest BCUT2D eigenvalue weighted by molar-refractivity contribution is 6.30. The Morgan fingerprint density at radius 2 is 1.95 bits per heavy atom. The van der Waals surface area contributed by atoms with Crippen LogP contribution in [0.25, 0.3) is 5.65 Å². The van der Waals surface area contributed by atoms with E-state index in [1.165, 1.54) is 12.1 Å². The number of rotatable bonds is 4. The number of fused-ring (bicyclic) bond motifs is 1. The number of benzene rings is 1. The third-order valence-electron chi connectivity index (χ3n) is 3.11. The van der Waals surface area contributed by atoms with Crippen LogP contribution in [0, 0.1) is 5.82 Å². The summed E-state index contributed by atoms with van der Waals surface area (Å²) < 4.78 is 19.7. The van der Waals surface area contributed by atoms with Gasteiger partial charge >= 0.3 is 5.97 Å². The van der Waals surface area contributed by atoms with Crippen molar-refractivity contribution in [2.75, 3.05) is 0 Å². The van der Waals surface area contributed by atoms with E-state index >= 15 is 0 Å². The number of hydrogen-bond acceptors (Lipinski definition) is 3. The first kappa shape index (κ1) is 14.5. The smallest absolute Gasteiger partial charge is 0.310 e. The summed E-state index contributed by atoms with van der Waals surface area (Å²) in [6.45, 7) is 0.0827. The molecule has 112 valence electrons. The summed E-state index contributed by atoms with van der Waals surface area (Å²) in [6, 6.07) is 9.27. The standard InChI is InChI=1S/C16H12ClFN2O2/c17-12-3-6-15-19-14(9-20(15)8-12)10-22-16(21)7-11-1-4-13(18)5-2-11/h1-6,8-9H,7,10H2. The molecule has 0 aliphatic carbocycles. The zero-order valence-corrected chi connectivity index (χ0v) is 12.3. The van der Waals surface area contributed by atoms with Gasteiger partial charge in [0.15, 0.2) is 0 Å². The predicted molar refractivity (Wildman–Crippen MR) is 80.1 cm³/mol. The Kier molecular flexibility index (Phi) is 4.06. The van der Waals surface area contributed by atoms with Crippen molar-refractivity contribution in [3.8, 4) is 0 Å². The number of aromatic nitrogens is 2. The molecule has 0 atom stereocenters. The van der Waals surface area contributed by atoms with Crippen molar-refractivity contribution in [2.45, 2.75) is 13.0 Å². The Balaban J connectivity index is 1.61. The molecule has 0 fully saturated rings. The number of imidazole rings is 1. The van der Waals surface area contributed by atoms with E-state index in [9.17, 15) is 9.18 Å². The number of carbonyl (C=O) groups excluding carboxylic acids is 1. The zero-order chi connectivity index (χ0) is 15.5. The minimum atomic E-state index is -0.387. The Labute approximate surface area is 131 Å². The molecule has 0 N–H and O–H groups in total. The zero-order valence-electron chi connectivity index (χ0n) is 11.5. The van der Waals surface area contributed by atoms with Gasteiger partial charge in [0.2, 0.25) is 0 Å². The number of halogens is 2. The molecule has 3 rings (SSSR count). The maximum atomic E-state index is 12.8. The molecule has 0 unspecified atom stereocenters. The van der Waals surface area contributed by atoms with Crippen molar-refractivity contribution < 1.29 is 13.9 Å². The lowest BCUT2D eigenvalue weighted by Gasteiger charge is -2.03. The number of pyridine rings is 1. The highest BCUT2D eigenvalue weighted by Crippen LogP contribution is 2.12. The molecule has 0 aliphatic rings. The number of esters is 1. The Hall–Kier alpha value is -2.40. The van der Waals surface area contributed by atoms with Crippen LogP contribution in [0.1, 0.15) is 11.3 Å². The maximum Gasteiger partial charge on any atom is 0.310 e. The molecular formula is C16H12ClFN2O2. The molecule has 0 saturated carbocycles. The van der Waals surface area contributed by atoms with Crippen molar-refractivity contribution in [3.63, 3.8) is 0 Å². The van der Waals surface area contributed by atoms with Crippen LogP contribution in [0.5, 0.6) is 0 Å². The van der Waals surface area contributed by atoms with Crippen molar-refractivity contribution in [3.05, 3.63) is 70.9 Å². The van der Waals surface area contributed by atoms with E-state index in [-0.39, 0.29) is 24.8 Å². The Morgan fingerprint density at radius 1 is 1.18 bits per heavy atom. The minimum Gasteiger partial charge on any atom is -0.459 e. The average Bonchev–Trinajstić information content (AvgIpc) is 2.89. The van der Waals surface area contributed by atoms with Crippen LogP contribution in [0.2, 0.25) is 5.02 Å². The fraction of sp³-hybridized carbons (Fsp3) is 0.125. The Morgan fingerprint density at radius 3 is 2.73 bits per heavy atom. The lowest BCUT2D eigenvalue weighted by Crippen LogP contribution is -2.08. The number of hydrogen-bond donors (Lipinski definition) is 0. The van der Waals surface area contributed by atoms with Crippen LogP contribution >= 0.6 is 11.6 Å². The second-order valence-corrected chi connectivity index (χ2v) is 5.25. The summed E-state index contributed by atoms with van der Waals surface area (Å²) in [6.07, 6.45) is 3.58. The monoisotopic (exact) mass is 318 g/mol. The van der Waals surface area contributed by atoms with Crippen LogP contribution in [0.3, 0.4) is 0 Å². The van der Waals surface area contributed by atoms with Crippen molar-refractivity contribution in [1.29, 1.82) is 0 Å². The molecule has 6 heteroatoms. The lowest BCUT2D eigenvalue weighted by atomic mass is 10.1. The SMILES string of the molecule is O=C(Cc1ccc(F)cc1)OCc1cn2cc(Cl)ccc2n1. The second-order valence-electron chi connectivity index (χ2n) is 4.81. The van der Waals surface area contributed by atoms with Crippen LogP contribution in [-0.4, -0.2) is 15.4 Å². The van der Waals surface area contributed by atoms with Crippen LogP contribution in [0.15, 0.2) is 48.8 Å². The third kappa shape index (κ3) is 3.43. The van der Waals surface area contributed by atoms with Crippen LogP contribution in [0.4, 0.5) is 4.39 Å². The fourth-order valence-corrected chi connectivity index (χ4v) is 2.23. The van der Waals surface area contributed by atoms with Gasteiger partial charge in [-0.25, -0.2) is 9.37 Å². The molecule has 4 nitrogen and oxygen atoms in total. The van der Waals surface area contributed by atoms with E-state index in [4.69, 9.17) is 16.3 Å². The summed E-state index contributed by atoms with van der Waals surface area (Å²) in [5, 5.41) is 0.602. The summed E-state index contributed by atoms with van der Waals surface area (Å²) in [5.74, 6) is -0.720. The predicted octanol–water partition coefficient (Wildman–Crippen LogP) is 3.41. The summed E-state index contributed by atoms with van der Waals surface area (Å²) in [5.41, 5.74) is 2.07. The van der Waals surface area contributed by atoms with Crippen LogP contribution < -0.4 is 0 Å². The lowest BCUT2D eigenvalue weighted by molar-refractivity contribution is -0.144. The second kappa shape index (κ2) is 6.15. The summed E-state index contributed by atoms with van der Waals surface area (Å²) >= 11 is 5.90. The quantitative estimate of drug-likeness (QED) is 0.692. The van der Waals surface area contributed by atoms with Crippen molar-refractivity contribution in [1.82, 2.24) is 9.38 Å². The van der Waals surface area contributed by atoms with E-state index in [0.717, 1.165) is 5.65 Å². The third-order valence-corrected chi connectivity index (χ3v) is 3.33. The van der Waals surface area contributed by atoms with Gasteiger partial charge in [0.1, 0.15) is 18.1 Å². The van der Waals surface area contributed by atoms with Gasteiger partial charge < -0.3 is 9.14 Å². The van der Waals surface area contributed by atoms with E-state index in [1.807, 2.05) is 0 Å². The maximum absolute atomic E-state index is 12.8. The first-order valence-corrected chi connectivity index (χ1v) is 7.01. The molecule has 3 aromatic rings. The molecule has 0 aliphatic heterocycles. The van der Waals surface area contributed by atoms with Gasteiger partial charge in [-0.1, -0.05) is 23.7 Å². The minimum absolute atomic E-state index is 0.0827. The van der Waals surface area contributed by atoms with Crippen molar-refractivity contribution >= 4 is 23.2 Å². The average molecular weight is 319 g/mol. The molecule has 2 heterocycles. The van der Waals surface area contributed by atoms with Crippen LogP contribution in [-0.2, 0) is 22.6 Å². The van der Waals surface area contributed by atoms with Gasteiger partial charge in [-0.3, -0.25) is 4.79 Å². The van der Waals surface area contributed by atoms with E-state index < -0.39 is 0 Å². The van der Waals surface area contributed by atoms with Gasteiger partial charge in [-0.2, -0.15) is 0 Å². The van der Waals surface area contributed by atoms with E-state index in [2.05, 4.69) is 4.98 Å². The molecule has 0 bridgehead atoms. The normalized spacial score (nSPS) is 10.8. The summed E-state index contributed by atoms with van der Waals surface area (Å²) in [7, 11) is 0. The molecule has 2 aromatic heterocycles. The van der Waals surface area contributed by atoms with Crippen molar-refractivity contribution in [2.24, 2.45) is 0 Å². The molecule has 22 heavy (non-hydrogen) atoms. The molecule has 1 aromatic carbocycles.